The van der Waals surface area contributed by atoms with E-state index in [-0.39, 0.29) is 29.9 Å². The Hall–Kier alpha value is 0.160. The zero-order valence-corrected chi connectivity index (χ0v) is 10.2. The number of hydrogen-bond acceptors (Lipinski definition) is 1. The number of nitrogens with one attached hydrogen (secondary N) is 1. The van der Waals surface area contributed by atoms with E-state index in [1.807, 2.05) is 0 Å². The third-order valence-corrected chi connectivity index (χ3v) is 3.38. The van der Waals surface area contributed by atoms with Crippen molar-refractivity contribution < 1.29 is 33.3 Å². The molecule has 0 aromatic rings. The van der Waals surface area contributed by atoms with Crippen molar-refractivity contribution in [2.45, 2.75) is 25.3 Å². The number of piperazine rings is 1. The Bertz CT molecular complexity index is 210. The van der Waals surface area contributed by atoms with Crippen LogP contribution in [0.25, 0.3) is 0 Å². The molecule has 0 spiro atoms. The zero-order chi connectivity index (χ0) is 8.60. The molecule has 2 fully saturated rings. The minimum atomic E-state index is 0. The molecule has 0 radical (unpaired) electrons. The van der Waals surface area contributed by atoms with E-state index in [1.54, 1.807) is 0 Å². The van der Waals surface area contributed by atoms with Gasteiger partial charge in [-0.2, -0.15) is 0 Å². The highest BCUT2D eigenvalue weighted by atomic mass is 127. The number of likely N-dealkylation sites (N-methyl/N-ethyl adjacent to an activating group) is 1. The zero-order valence-electron chi connectivity index (χ0n) is 8.05. The number of halogens is 1. The molecule has 2 rings (SSSR count). The van der Waals surface area contributed by atoms with Gasteiger partial charge < -0.3 is 33.8 Å². The molecule has 0 saturated carbocycles. The van der Waals surface area contributed by atoms with Crippen LogP contribution in [-0.2, 0) is 4.79 Å². The number of carbonyl (C=O) groups is 1. The van der Waals surface area contributed by atoms with Crippen LogP contribution in [0.15, 0.2) is 0 Å². The molecule has 0 aliphatic carbocycles. The monoisotopic (exact) mass is 296 g/mol. The van der Waals surface area contributed by atoms with Crippen LogP contribution in [0, 0.1) is 0 Å². The van der Waals surface area contributed by atoms with Crippen molar-refractivity contribution >= 4 is 5.91 Å². The maximum atomic E-state index is 11.2. The summed E-state index contributed by atoms with van der Waals surface area (Å²) in [6.07, 6.45) is 3.92. The van der Waals surface area contributed by atoms with Gasteiger partial charge in [0.15, 0.2) is 6.54 Å². The highest BCUT2D eigenvalue weighted by molar-refractivity contribution is 5.77. The van der Waals surface area contributed by atoms with E-state index in [9.17, 15) is 4.79 Å². The number of amides is 1. The van der Waals surface area contributed by atoms with Gasteiger partial charge in [0.2, 0.25) is 0 Å². The fourth-order valence-electron chi connectivity index (χ4n) is 2.49. The summed E-state index contributed by atoms with van der Waals surface area (Å²) in [5.41, 5.74) is 0. The summed E-state index contributed by atoms with van der Waals surface area (Å²) in [5.74, 6) is 0.232. The van der Waals surface area contributed by atoms with Crippen LogP contribution in [0.1, 0.15) is 19.3 Å². The van der Waals surface area contributed by atoms with Gasteiger partial charge in [0, 0.05) is 6.42 Å². The summed E-state index contributed by atoms with van der Waals surface area (Å²) in [4.78, 5) is 11.2. The van der Waals surface area contributed by atoms with Crippen molar-refractivity contribution in [2.24, 2.45) is 0 Å². The molecule has 0 aromatic carbocycles. The molecule has 3 nitrogen and oxygen atoms in total. The van der Waals surface area contributed by atoms with E-state index in [0.29, 0.717) is 12.6 Å². The Morgan fingerprint density at radius 2 is 2.23 bits per heavy atom. The van der Waals surface area contributed by atoms with Crippen LogP contribution >= 0.6 is 0 Å². The van der Waals surface area contributed by atoms with Crippen LogP contribution in [0.5, 0.6) is 0 Å². The van der Waals surface area contributed by atoms with Gasteiger partial charge in [0.1, 0.15) is 6.04 Å². The number of fused-ring (bicyclic) bond motifs is 1. The summed E-state index contributed by atoms with van der Waals surface area (Å²) < 4.78 is 0.992. The molecule has 4 heteroatoms. The van der Waals surface area contributed by atoms with Gasteiger partial charge in [-0.1, -0.05) is 0 Å². The number of quaternary nitrogens is 1. The van der Waals surface area contributed by atoms with Crippen molar-refractivity contribution in [2.75, 3.05) is 26.7 Å². The quantitative estimate of drug-likeness (QED) is 0.378. The average molecular weight is 296 g/mol. The highest BCUT2D eigenvalue weighted by Gasteiger charge is 2.40. The first-order valence-corrected chi connectivity index (χ1v) is 4.82. The number of piperidine rings is 1. The molecule has 2 heterocycles. The summed E-state index contributed by atoms with van der Waals surface area (Å²) in [6.45, 7) is 2.79. The predicted molar refractivity (Wildman–Crippen MR) is 46.6 cm³/mol. The number of rotatable bonds is 0. The Morgan fingerprint density at radius 3 is 3.00 bits per heavy atom. The van der Waals surface area contributed by atoms with E-state index in [1.165, 1.54) is 25.8 Å². The standard InChI is InChI=1S/C9H16N2O.HI/c1-11-5-3-2-4-8(11)6-10-9(12)7-11;/h8H,2-7H2,1H3;1H. The normalized spacial score (nSPS) is 38.5. The third-order valence-electron chi connectivity index (χ3n) is 3.38. The smallest absolute Gasteiger partial charge is 0.275 e. The minimum absolute atomic E-state index is 0. The number of hydrogen-bond donors (Lipinski definition) is 1. The summed E-state index contributed by atoms with van der Waals surface area (Å²) in [5, 5.41) is 2.95. The van der Waals surface area contributed by atoms with Gasteiger partial charge in [-0.3, -0.25) is 4.79 Å². The Balaban J connectivity index is 0.000000845. The molecule has 0 aromatic heterocycles. The Kier molecular flexibility index (Phi) is 3.57. The first-order valence-electron chi connectivity index (χ1n) is 4.82. The average Bonchev–Trinajstić information content (AvgIpc) is 2.02. The molecule has 2 unspecified atom stereocenters. The second-order valence-corrected chi connectivity index (χ2v) is 4.31. The van der Waals surface area contributed by atoms with E-state index < -0.39 is 0 Å². The second-order valence-electron chi connectivity index (χ2n) is 4.31. The van der Waals surface area contributed by atoms with Crippen molar-refractivity contribution in [1.82, 2.24) is 5.32 Å². The van der Waals surface area contributed by atoms with Crippen LogP contribution in [0.4, 0.5) is 0 Å². The fourth-order valence-corrected chi connectivity index (χ4v) is 2.49. The van der Waals surface area contributed by atoms with E-state index >= 15 is 0 Å². The molecular formula is C9H17IN2O. The first kappa shape index (κ1) is 11.2. The SMILES string of the molecule is C[N+]12CCCCC1CNC(=O)C2.[I-]. The van der Waals surface area contributed by atoms with Gasteiger partial charge >= 0.3 is 0 Å². The van der Waals surface area contributed by atoms with Crippen molar-refractivity contribution in [1.29, 1.82) is 0 Å². The number of carbonyl (C=O) groups excluding carboxylic acids is 1. The van der Waals surface area contributed by atoms with Crippen LogP contribution in [0.3, 0.4) is 0 Å². The molecule has 2 atom stereocenters. The summed E-state index contributed by atoms with van der Waals surface area (Å²) >= 11 is 0. The molecule has 1 amide bonds. The van der Waals surface area contributed by atoms with Crippen LogP contribution in [0.2, 0.25) is 0 Å². The molecule has 13 heavy (non-hydrogen) atoms. The van der Waals surface area contributed by atoms with Crippen LogP contribution < -0.4 is 29.3 Å². The largest absolute Gasteiger partial charge is 1.00 e. The van der Waals surface area contributed by atoms with Gasteiger partial charge in [-0.15, -0.1) is 0 Å². The topological polar surface area (TPSA) is 29.1 Å². The molecular weight excluding hydrogens is 279 g/mol. The van der Waals surface area contributed by atoms with Gasteiger partial charge in [-0.05, 0) is 12.8 Å². The maximum absolute atomic E-state index is 11.2. The first-order chi connectivity index (χ1) is 5.71. The van der Waals surface area contributed by atoms with Crippen molar-refractivity contribution in [3.63, 3.8) is 0 Å². The lowest BCUT2D eigenvalue weighted by molar-refractivity contribution is -0.932. The highest BCUT2D eigenvalue weighted by Crippen LogP contribution is 2.24. The van der Waals surface area contributed by atoms with E-state index in [0.717, 1.165) is 11.0 Å². The number of nitrogens with zero attached hydrogens (tertiary/aromatic N) is 1. The molecule has 2 saturated heterocycles. The maximum Gasteiger partial charge on any atom is 0.275 e. The predicted octanol–water partition coefficient (Wildman–Crippen LogP) is -2.88. The Labute approximate surface area is 96.5 Å². The minimum Gasteiger partial charge on any atom is -1.00 e. The molecule has 2 aliphatic rings. The van der Waals surface area contributed by atoms with E-state index in [2.05, 4.69) is 12.4 Å². The third kappa shape index (κ3) is 2.15. The van der Waals surface area contributed by atoms with E-state index in [4.69, 9.17) is 0 Å². The second kappa shape index (κ2) is 4.13. The lowest BCUT2D eigenvalue weighted by Gasteiger charge is -2.47. The van der Waals surface area contributed by atoms with Crippen molar-refractivity contribution in [3.8, 4) is 0 Å². The summed E-state index contributed by atoms with van der Waals surface area (Å²) in [6, 6.07) is 0.691. The van der Waals surface area contributed by atoms with Gasteiger partial charge in [0.05, 0.1) is 20.1 Å². The Morgan fingerprint density at radius 1 is 1.46 bits per heavy atom. The van der Waals surface area contributed by atoms with Crippen molar-refractivity contribution in [3.05, 3.63) is 0 Å². The molecule has 76 valence electrons. The van der Waals surface area contributed by atoms with Gasteiger partial charge in [-0.25, -0.2) is 0 Å². The molecule has 2 aliphatic heterocycles. The fraction of sp³-hybridized carbons (Fsp3) is 0.889. The van der Waals surface area contributed by atoms with Crippen LogP contribution in [-0.4, -0.2) is 43.1 Å². The summed E-state index contributed by atoms with van der Waals surface area (Å²) in [7, 11) is 2.22. The lowest BCUT2D eigenvalue weighted by Crippen LogP contribution is -3.00. The molecule has 0 bridgehead atoms. The molecule has 1 N–H and O–H groups in total. The lowest BCUT2D eigenvalue weighted by atomic mass is 9.97. The van der Waals surface area contributed by atoms with Gasteiger partial charge in [0.25, 0.3) is 5.91 Å².